The molecule has 0 aliphatic heterocycles. The molecule has 2 heteroatoms. The average Bonchev–Trinajstić information content (AvgIpc) is 2.39. The summed E-state index contributed by atoms with van der Waals surface area (Å²) in [5.74, 6) is 1.08. The van der Waals surface area contributed by atoms with E-state index in [1.54, 1.807) is 6.07 Å². The highest BCUT2D eigenvalue weighted by molar-refractivity contribution is 5.32. The minimum atomic E-state index is 0.384. The molecule has 0 bridgehead atoms. The molecule has 2 nitrogen and oxygen atoms in total. The van der Waals surface area contributed by atoms with Crippen molar-refractivity contribution >= 4 is 0 Å². The summed E-state index contributed by atoms with van der Waals surface area (Å²) in [5, 5.41) is 13.3. The summed E-state index contributed by atoms with van der Waals surface area (Å²) in [6.07, 6.45) is 2.38. The van der Waals surface area contributed by atoms with Gasteiger partial charge in [0.15, 0.2) is 0 Å². The molecule has 1 aliphatic carbocycles. The zero-order valence-electron chi connectivity index (χ0n) is 11.8. The second-order valence-electron chi connectivity index (χ2n) is 5.79. The molecule has 0 unspecified atom stereocenters. The van der Waals surface area contributed by atoms with E-state index in [-0.39, 0.29) is 0 Å². The number of hydrogen-bond donors (Lipinski definition) is 2. The van der Waals surface area contributed by atoms with Crippen LogP contribution in [0.25, 0.3) is 0 Å². The van der Waals surface area contributed by atoms with Gasteiger partial charge in [0.05, 0.1) is 0 Å². The van der Waals surface area contributed by atoms with Gasteiger partial charge in [0.1, 0.15) is 5.75 Å². The van der Waals surface area contributed by atoms with Crippen LogP contribution in [0, 0.1) is 6.92 Å². The summed E-state index contributed by atoms with van der Waals surface area (Å²) >= 11 is 0. The minimum Gasteiger partial charge on any atom is -0.508 e. The predicted molar refractivity (Wildman–Crippen MR) is 81.9 cm³/mol. The van der Waals surface area contributed by atoms with Gasteiger partial charge in [0.2, 0.25) is 0 Å². The lowest BCUT2D eigenvalue weighted by Gasteiger charge is -2.36. The Morgan fingerprint density at radius 2 is 1.90 bits per heavy atom. The number of nitrogens with one attached hydrogen (secondary N) is 1. The maximum atomic E-state index is 9.73. The van der Waals surface area contributed by atoms with E-state index in [0.29, 0.717) is 17.7 Å². The Balaban J connectivity index is 1.50. The lowest BCUT2D eigenvalue weighted by molar-refractivity contribution is 0.288. The van der Waals surface area contributed by atoms with Gasteiger partial charge in [0, 0.05) is 18.2 Å². The van der Waals surface area contributed by atoms with Gasteiger partial charge in [0.25, 0.3) is 0 Å². The molecule has 1 aliphatic rings. The SMILES string of the molecule is Cc1cccc(C2CC(NCc3ccccc3O)C2)c1. The molecular weight excluding hydrogens is 246 g/mol. The zero-order chi connectivity index (χ0) is 13.9. The second-order valence-corrected chi connectivity index (χ2v) is 5.79. The molecule has 20 heavy (non-hydrogen) atoms. The molecule has 0 spiro atoms. The molecule has 0 aromatic heterocycles. The van der Waals surface area contributed by atoms with Crippen molar-refractivity contribution in [1.29, 1.82) is 0 Å². The van der Waals surface area contributed by atoms with Crippen LogP contribution in [-0.2, 0) is 6.54 Å². The quantitative estimate of drug-likeness (QED) is 0.884. The third kappa shape index (κ3) is 2.86. The minimum absolute atomic E-state index is 0.384. The largest absolute Gasteiger partial charge is 0.508 e. The van der Waals surface area contributed by atoms with Crippen molar-refractivity contribution in [2.45, 2.75) is 38.3 Å². The van der Waals surface area contributed by atoms with Crippen molar-refractivity contribution in [3.63, 3.8) is 0 Å². The van der Waals surface area contributed by atoms with Crippen LogP contribution < -0.4 is 5.32 Å². The maximum Gasteiger partial charge on any atom is 0.120 e. The topological polar surface area (TPSA) is 32.3 Å². The van der Waals surface area contributed by atoms with Gasteiger partial charge < -0.3 is 10.4 Å². The highest BCUT2D eigenvalue weighted by atomic mass is 16.3. The van der Waals surface area contributed by atoms with E-state index in [1.165, 1.54) is 24.0 Å². The summed E-state index contributed by atoms with van der Waals surface area (Å²) in [5.41, 5.74) is 3.78. The molecule has 1 saturated carbocycles. The highest BCUT2D eigenvalue weighted by Gasteiger charge is 2.29. The molecule has 0 saturated heterocycles. The fourth-order valence-electron chi connectivity index (χ4n) is 2.90. The summed E-state index contributed by atoms with van der Waals surface area (Å²) in [6.45, 7) is 2.90. The van der Waals surface area contributed by atoms with E-state index in [1.807, 2.05) is 18.2 Å². The van der Waals surface area contributed by atoms with E-state index in [9.17, 15) is 5.11 Å². The van der Waals surface area contributed by atoms with Crippen molar-refractivity contribution < 1.29 is 5.11 Å². The number of para-hydroxylation sites is 1. The standard InChI is InChI=1S/C18H21NO/c1-13-5-4-7-14(9-13)16-10-17(11-16)19-12-15-6-2-3-8-18(15)20/h2-9,16-17,19-20H,10-12H2,1H3. The predicted octanol–water partition coefficient (Wildman–Crippen LogP) is 3.74. The zero-order valence-corrected chi connectivity index (χ0v) is 11.8. The van der Waals surface area contributed by atoms with Gasteiger partial charge in [-0.3, -0.25) is 0 Å². The molecule has 2 N–H and O–H groups in total. The van der Waals surface area contributed by atoms with Crippen LogP contribution in [0.4, 0.5) is 0 Å². The van der Waals surface area contributed by atoms with Crippen molar-refractivity contribution in [3.05, 3.63) is 65.2 Å². The molecule has 0 amide bonds. The van der Waals surface area contributed by atoms with E-state index in [0.717, 1.165) is 12.1 Å². The Morgan fingerprint density at radius 3 is 2.65 bits per heavy atom. The number of aromatic hydroxyl groups is 1. The molecular formula is C18H21NO. The Labute approximate surface area is 120 Å². The fraction of sp³-hybridized carbons (Fsp3) is 0.333. The first-order valence-corrected chi connectivity index (χ1v) is 7.29. The number of phenols is 1. The lowest BCUT2D eigenvalue weighted by Crippen LogP contribution is -2.39. The van der Waals surface area contributed by atoms with Crippen molar-refractivity contribution in [3.8, 4) is 5.75 Å². The van der Waals surface area contributed by atoms with Crippen LogP contribution >= 0.6 is 0 Å². The van der Waals surface area contributed by atoms with Crippen LogP contribution in [0.5, 0.6) is 5.75 Å². The Morgan fingerprint density at radius 1 is 1.10 bits per heavy atom. The third-order valence-corrected chi connectivity index (χ3v) is 4.22. The van der Waals surface area contributed by atoms with Crippen molar-refractivity contribution in [2.75, 3.05) is 0 Å². The monoisotopic (exact) mass is 267 g/mol. The Bertz CT molecular complexity index is 587. The summed E-state index contributed by atoms with van der Waals surface area (Å²) in [7, 11) is 0. The number of benzene rings is 2. The molecule has 0 radical (unpaired) electrons. The number of rotatable bonds is 4. The van der Waals surface area contributed by atoms with Gasteiger partial charge in [-0.25, -0.2) is 0 Å². The van der Waals surface area contributed by atoms with Crippen LogP contribution in [0.3, 0.4) is 0 Å². The van der Waals surface area contributed by atoms with Crippen LogP contribution in [0.1, 0.15) is 35.4 Å². The average molecular weight is 267 g/mol. The summed E-state index contributed by atoms with van der Waals surface area (Å²) in [6, 6.07) is 16.9. The number of phenolic OH excluding ortho intramolecular Hbond substituents is 1. The van der Waals surface area contributed by atoms with Gasteiger partial charge in [-0.1, -0.05) is 48.0 Å². The van der Waals surface area contributed by atoms with Crippen molar-refractivity contribution in [2.24, 2.45) is 0 Å². The smallest absolute Gasteiger partial charge is 0.120 e. The van der Waals surface area contributed by atoms with E-state index >= 15 is 0 Å². The number of aryl methyl sites for hydroxylation is 1. The Hall–Kier alpha value is -1.80. The van der Waals surface area contributed by atoms with Crippen LogP contribution in [0.2, 0.25) is 0 Å². The maximum absolute atomic E-state index is 9.73. The van der Waals surface area contributed by atoms with Gasteiger partial charge >= 0.3 is 0 Å². The van der Waals surface area contributed by atoms with E-state index in [4.69, 9.17) is 0 Å². The summed E-state index contributed by atoms with van der Waals surface area (Å²) < 4.78 is 0. The lowest BCUT2D eigenvalue weighted by atomic mass is 9.75. The van der Waals surface area contributed by atoms with Crippen LogP contribution in [-0.4, -0.2) is 11.1 Å². The van der Waals surface area contributed by atoms with Gasteiger partial charge in [-0.2, -0.15) is 0 Å². The van der Waals surface area contributed by atoms with Crippen LogP contribution in [0.15, 0.2) is 48.5 Å². The molecule has 2 aromatic carbocycles. The first kappa shape index (κ1) is 13.2. The summed E-state index contributed by atoms with van der Waals surface area (Å²) in [4.78, 5) is 0. The molecule has 0 heterocycles. The molecule has 3 rings (SSSR count). The van der Waals surface area contributed by atoms with Gasteiger partial charge in [-0.15, -0.1) is 0 Å². The first-order valence-electron chi connectivity index (χ1n) is 7.29. The number of hydrogen-bond acceptors (Lipinski definition) is 2. The van der Waals surface area contributed by atoms with E-state index in [2.05, 4.69) is 36.5 Å². The molecule has 1 fully saturated rings. The third-order valence-electron chi connectivity index (χ3n) is 4.22. The normalized spacial score (nSPS) is 21.4. The van der Waals surface area contributed by atoms with Crippen molar-refractivity contribution in [1.82, 2.24) is 5.32 Å². The van der Waals surface area contributed by atoms with E-state index < -0.39 is 0 Å². The van der Waals surface area contributed by atoms with Gasteiger partial charge in [-0.05, 0) is 37.3 Å². The molecule has 0 atom stereocenters. The fourth-order valence-corrected chi connectivity index (χ4v) is 2.90. The first-order chi connectivity index (χ1) is 9.72. The second kappa shape index (κ2) is 5.68. The molecule has 104 valence electrons. The Kier molecular flexibility index (Phi) is 3.75. The highest BCUT2D eigenvalue weighted by Crippen LogP contribution is 2.37. The molecule has 2 aromatic rings.